The van der Waals surface area contributed by atoms with Gasteiger partial charge in [0.2, 0.25) is 0 Å². The van der Waals surface area contributed by atoms with Crippen LogP contribution in [0.25, 0.3) is 10.2 Å². The molecule has 0 N–H and O–H groups in total. The van der Waals surface area contributed by atoms with Gasteiger partial charge in [0.05, 0.1) is 28.8 Å². The van der Waals surface area contributed by atoms with Crippen LogP contribution in [0.4, 0.5) is 0 Å². The first kappa shape index (κ1) is 21.0. The Balaban J connectivity index is 1.89. The number of fused-ring (bicyclic) bond motifs is 1. The van der Waals surface area contributed by atoms with Crippen LogP contribution in [0.1, 0.15) is 55.1 Å². The lowest BCUT2D eigenvalue weighted by molar-refractivity contribution is -0.117. The number of ether oxygens (including phenoxy) is 1. The molecule has 0 radical (unpaired) electrons. The zero-order valence-corrected chi connectivity index (χ0v) is 18.1. The molecule has 1 aromatic heterocycles. The van der Waals surface area contributed by atoms with Crippen LogP contribution in [-0.4, -0.2) is 23.1 Å². The number of carbonyl (C=O) groups excluding carboxylic acids is 2. The van der Waals surface area contributed by atoms with Gasteiger partial charge in [-0.1, -0.05) is 49.4 Å². The summed E-state index contributed by atoms with van der Waals surface area (Å²) in [5.41, 5.74) is 3.67. The number of esters is 1. The van der Waals surface area contributed by atoms with E-state index in [1.165, 1.54) is 16.9 Å². The standard InChI is InChI=1S/C23H26N2O3S/c1-5-25-19-12-11-18(22(27)28-6-2)14-20(19)29-23(25)24-21(26)13-16-7-9-17(10-8-16)15(3)4/h7-12,14-15H,5-6,13H2,1-4H3. The molecular formula is C23H26N2O3S. The Kier molecular flexibility index (Phi) is 6.64. The van der Waals surface area contributed by atoms with Crippen LogP contribution in [0.2, 0.25) is 0 Å². The van der Waals surface area contributed by atoms with Crippen molar-refractivity contribution in [2.45, 2.75) is 46.6 Å². The highest BCUT2D eigenvalue weighted by Crippen LogP contribution is 2.20. The number of aryl methyl sites for hydroxylation is 1. The maximum atomic E-state index is 12.6. The minimum atomic E-state index is -0.342. The van der Waals surface area contributed by atoms with Crippen molar-refractivity contribution in [3.8, 4) is 0 Å². The van der Waals surface area contributed by atoms with Gasteiger partial charge in [0.25, 0.3) is 5.91 Å². The molecule has 0 aliphatic rings. The molecule has 3 aromatic rings. The maximum Gasteiger partial charge on any atom is 0.338 e. The second-order valence-electron chi connectivity index (χ2n) is 7.11. The summed E-state index contributed by atoms with van der Waals surface area (Å²) in [7, 11) is 0. The van der Waals surface area contributed by atoms with Gasteiger partial charge in [-0.25, -0.2) is 4.79 Å². The van der Waals surface area contributed by atoms with E-state index in [0.29, 0.717) is 29.4 Å². The van der Waals surface area contributed by atoms with Crippen molar-refractivity contribution in [2.24, 2.45) is 4.99 Å². The molecule has 0 bridgehead atoms. The average Bonchev–Trinajstić information content (AvgIpc) is 3.04. The first-order valence-electron chi connectivity index (χ1n) is 9.89. The highest BCUT2D eigenvalue weighted by atomic mass is 32.1. The van der Waals surface area contributed by atoms with E-state index in [1.54, 1.807) is 19.1 Å². The second kappa shape index (κ2) is 9.18. The van der Waals surface area contributed by atoms with Gasteiger partial charge < -0.3 is 9.30 Å². The quantitative estimate of drug-likeness (QED) is 0.554. The summed E-state index contributed by atoms with van der Waals surface area (Å²) in [5, 5.41) is 0. The molecule has 5 nitrogen and oxygen atoms in total. The van der Waals surface area contributed by atoms with E-state index in [1.807, 2.05) is 29.7 Å². The fourth-order valence-electron chi connectivity index (χ4n) is 3.15. The van der Waals surface area contributed by atoms with Gasteiger partial charge in [-0.3, -0.25) is 4.79 Å². The SMILES string of the molecule is CCOC(=O)c1ccc2c(c1)sc(=NC(=O)Cc1ccc(C(C)C)cc1)n2CC. The number of amides is 1. The van der Waals surface area contributed by atoms with Gasteiger partial charge in [0.15, 0.2) is 4.80 Å². The van der Waals surface area contributed by atoms with Crippen LogP contribution in [-0.2, 0) is 22.5 Å². The number of benzene rings is 2. The minimum Gasteiger partial charge on any atom is -0.462 e. The van der Waals surface area contributed by atoms with Gasteiger partial charge >= 0.3 is 5.97 Å². The maximum absolute atomic E-state index is 12.6. The fraction of sp³-hybridized carbons (Fsp3) is 0.348. The molecule has 3 rings (SSSR count). The number of thiazole rings is 1. The first-order valence-corrected chi connectivity index (χ1v) is 10.7. The van der Waals surface area contributed by atoms with Gasteiger partial charge in [-0.2, -0.15) is 4.99 Å². The Labute approximate surface area is 174 Å². The van der Waals surface area contributed by atoms with E-state index in [4.69, 9.17) is 4.74 Å². The zero-order chi connectivity index (χ0) is 21.0. The molecule has 6 heteroatoms. The Morgan fingerprint density at radius 2 is 1.83 bits per heavy atom. The summed E-state index contributed by atoms with van der Waals surface area (Å²) in [5.74, 6) is -0.0575. The lowest BCUT2D eigenvalue weighted by atomic mass is 10.0. The Hall–Kier alpha value is -2.73. The van der Waals surface area contributed by atoms with Crippen molar-refractivity contribution in [1.29, 1.82) is 0 Å². The number of hydrogen-bond donors (Lipinski definition) is 0. The Bertz CT molecular complexity index is 1090. The minimum absolute atomic E-state index is 0.179. The summed E-state index contributed by atoms with van der Waals surface area (Å²) in [6.07, 6.45) is 0.268. The van der Waals surface area contributed by atoms with E-state index < -0.39 is 0 Å². The number of rotatable bonds is 6. The van der Waals surface area contributed by atoms with E-state index in [9.17, 15) is 9.59 Å². The van der Waals surface area contributed by atoms with Gasteiger partial charge in [-0.15, -0.1) is 0 Å². The third-order valence-corrected chi connectivity index (χ3v) is 5.77. The fourth-order valence-corrected chi connectivity index (χ4v) is 4.30. The molecule has 0 spiro atoms. The van der Waals surface area contributed by atoms with Crippen LogP contribution in [0.3, 0.4) is 0 Å². The molecule has 0 unspecified atom stereocenters. The first-order chi connectivity index (χ1) is 13.9. The van der Waals surface area contributed by atoms with Crippen molar-refractivity contribution in [1.82, 2.24) is 4.57 Å². The largest absolute Gasteiger partial charge is 0.462 e. The predicted molar refractivity (Wildman–Crippen MR) is 116 cm³/mol. The van der Waals surface area contributed by atoms with Crippen LogP contribution < -0.4 is 4.80 Å². The van der Waals surface area contributed by atoms with E-state index in [0.717, 1.165) is 15.8 Å². The highest BCUT2D eigenvalue weighted by Gasteiger charge is 2.12. The number of hydrogen-bond acceptors (Lipinski definition) is 4. The van der Waals surface area contributed by atoms with Crippen molar-refractivity contribution in [2.75, 3.05) is 6.61 Å². The molecule has 2 aromatic carbocycles. The number of nitrogens with zero attached hydrogens (tertiary/aromatic N) is 2. The topological polar surface area (TPSA) is 60.7 Å². The van der Waals surface area contributed by atoms with Gasteiger partial charge in [0, 0.05) is 6.54 Å². The summed E-state index contributed by atoms with van der Waals surface area (Å²) < 4.78 is 7.98. The third kappa shape index (κ3) is 4.82. The summed E-state index contributed by atoms with van der Waals surface area (Å²) >= 11 is 1.41. The van der Waals surface area contributed by atoms with Crippen molar-refractivity contribution in [3.63, 3.8) is 0 Å². The monoisotopic (exact) mass is 410 g/mol. The average molecular weight is 411 g/mol. The molecule has 29 heavy (non-hydrogen) atoms. The molecule has 0 aliphatic heterocycles. The Morgan fingerprint density at radius 1 is 1.10 bits per heavy atom. The van der Waals surface area contributed by atoms with Crippen molar-refractivity contribution < 1.29 is 14.3 Å². The molecule has 0 aliphatic carbocycles. The molecular weight excluding hydrogens is 384 g/mol. The van der Waals surface area contributed by atoms with Crippen LogP contribution in [0.5, 0.6) is 0 Å². The molecule has 1 amide bonds. The highest BCUT2D eigenvalue weighted by molar-refractivity contribution is 7.16. The van der Waals surface area contributed by atoms with E-state index in [-0.39, 0.29) is 18.3 Å². The molecule has 0 saturated heterocycles. The van der Waals surface area contributed by atoms with Crippen LogP contribution >= 0.6 is 11.3 Å². The van der Waals surface area contributed by atoms with Crippen LogP contribution in [0, 0.1) is 0 Å². The van der Waals surface area contributed by atoms with Gasteiger partial charge in [-0.05, 0) is 49.1 Å². The predicted octanol–water partition coefficient (Wildman–Crippen LogP) is 4.69. The Morgan fingerprint density at radius 3 is 2.45 bits per heavy atom. The third-order valence-electron chi connectivity index (χ3n) is 4.73. The molecule has 152 valence electrons. The lowest BCUT2D eigenvalue weighted by Crippen LogP contribution is -2.16. The number of aromatic nitrogens is 1. The van der Waals surface area contributed by atoms with E-state index >= 15 is 0 Å². The smallest absolute Gasteiger partial charge is 0.338 e. The van der Waals surface area contributed by atoms with Crippen molar-refractivity contribution in [3.05, 3.63) is 64.0 Å². The molecule has 0 saturated carbocycles. The normalized spacial score (nSPS) is 12.0. The van der Waals surface area contributed by atoms with E-state index in [2.05, 4.69) is 31.0 Å². The lowest BCUT2D eigenvalue weighted by Gasteiger charge is -2.05. The zero-order valence-electron chi connectivity index (χ0n) is 17.3. The summed E-state index contributed by atoms with van der Waals surface area (Å²) in [6, 6.07) is 13.6. The van der Waals surface area contributed by atoms with Crippen molar-refractivity contribution >= 4 is 33.4 Å². The second-order valence-corrected chi connectivity index (χ2v) is 8.12. The molecule has 0 fully saturated rings. The summed E-state index contributed by atoms with van der Waals surface area (Å²) in [6.45, 7) is 9.12. The molecule has 1 heterocycles. The number of carbonyl (C=O) groups is 2. The molecule has 0 atom stereocenters. The van der Waals surface area contributed by atoms with Gasteiger partial charge in [0.1, 0.15) is 0 Å². The van der Waals surface area contributed by atoms with Crippen LogP contribution in [0.15, 0.2) is 47.5 Å². The summed E-state index contributed by atoms with van der Waals surface area (Å²) in [4.78, 5) is 29.6.